The molecule has 2 rings (SSSR count). The van der Waals surface area contributed by atoms with Gasteiger partial charge in [0.2, 0.25) is 0 Å². The lowest BCUT2D eigenvalue weighted by molar-refractivity contribution is 0.0887. The lowest BCUT2D eigenvalue weighted by Gasteiger charge is -2.35. The van der Waals surface area contributed by atoms with Gasteiger partial charge in [-0.1, -0.05) is 11.6 Å². The third-order valence-corrected chi connectivity index (χ3v) is 4.19. The van der Waals surface area contributed by atoms with Crippen molar-refractivity contribution in [1.29, 1.82) is 0 Å². The van der Waals surface area contributed by atoms with Gasteiger partial charge in [0, 0.05) is 15.0 Å². The molecule has 1 aromatic rings. The second-order valence-corrected chi connectivity index (χ2v) is 6.18. The number of halogens is 3. The predicted octanol–water partition coefficient (Wildman–Crippen LogP) is 3.40. The van der Waals surface area contributed by atoms with Crippen LogP contribution >= 0.6 is 39.9 Å². The van der Waals surface area contributed by atoms with E-state index in [0.29, 0.717) is 10.6 Å². The van der Waals surface area contributed by atoms with Gasteiger partial charge in [-0.15, -0.1) is 12.4 Å². The Labute approximate surface area is 133 Å². The Morgan fingerprint density at radius 2 is 2.05 bits per heavy atom. The van der Waals surface area contributed by atoms with Gasteiger partial charge in [0.05, 0.1) is 5.56 Å². The Hall–Kier alpha value is -0.290. The van der Waals surface area contributed by atoms with Crippen molar-refractivity contribution in [3.05, 3.63) is 33.3 Å². The first-order valence-electron chi connectivity index (χ1n) is 5.98. The molecular weight excluding hydrogens is 351 g/mol. The summed E-state index contributed by atoms with van der Waals surface area (Å²) in [6.07, 6.45) is 1.90. The fraction of sp³-hybridized carbons (Fsp3) is 0.462. The van der Waals surface area contributed by atoms with Crippen molar-refractivity contribution < 1.29 is 4.79 Å². The van der Waals surface area contributed by atoms with E-state index in [1.54, 1.807) is 18.2 Å². The van der Waals surface area contributed by atoms with E-state index in [-0.39, 0.29) is 23.9 Å². The molecule has 2 N–H and O–H groups in total. The highest BCUT2D eigenvalue weighted by Crippen LogP contribution is 2.23. The minimum atomic E-state index is -0.124. The maximum Gasteiger partial charge on any atom is 0.252 e. The Morgan fingerprint density at radius 1 is 1.42 bits per heavy atom. The van der Waals surface area contributed by atoms with Gasteiger partial charge in [0.25, 0.3) is 5.91 Å². The van der Waals surface area contributed by atoms with Gasteiger partial charge in [-0.3, -0.25) is 4.79 Å². The Morgan fingerprint density at radius 3 is 2.63 bits per heavy atom. The number of nitrogens with one attached hydrogen (secondary N) is 2. The summed E-state index contributed by atoms with van der Waals surface area (Å²) in [7, 11) is 0. The van der Waals surface area contributed by atoms with E-state index in [0.717, 1.165) is 30.4 Å². The van der Waals surface area contributed by atoms with Crippen molar-refractivity contribution >= 4 is 45.8 Å². The topological polar surface area (TPSA) is 41.1 Å². The van der Waals surface area contributed by atoms with Gasteiger partial charge < -0.3 is 10.6 Å². The lowest BCUT2D eigenvalue weighted by Crippen LogP contribution is -2.52. The fourth-order valence-electron chi connectivity index (χ4n) is 2.12. The molecule has 0 spiro atoms. The largest absolute Gasteiger partial charge is 0.347 e. The van der Waals surface area contributed by atoms with Crippen molar-refractivity contribution in [2.45, 2.75) is 25.3 Å². The van der Waals surface area contributed by atoms with Crippen LogP contribution in [0.15, 0.2) is 22.7 Å². The minimum absolute atomic E-state index is 0. The summed E-state index contributed by atoms with van der Waals surface area (Å²) in [4.78, 5) is 12.2. The molecule has 0 aliphatic carbocycles. The third kappa shape index (κ3) is 4.35. The van der Waals surface area contributed by atoms with E-state index in [1.165, 1.54) is 0 Å². The van der Waals surface area contributed by atoms with Gasteiger partial charge in [-0.05, 0) is 67.0 Å². The lowest BCUT2D eigenvalue weighted by atomic mass is 9.90. The van der Waals surface area contributed by atoms with Crippen LogP contribution in [-0.2, 0) is 0 Å². The van der Waals surface area contributed by atoms with E-state index in [2.05, 4.69) is 33.5 Å². The first-order chi connectivity index (χ1) is 8.50. The molecule has 1 heterocycles. The second kappa shape index (κ2) is 6.93. The second-order valence-electron chi connectivity index (χ2n) is 4.89. The molecule has 1 amide bonds. The van der Waals surface area contributed by atoms with Crippen molar-refractivity contribution in [2.75, 3.05) is 13.1 Å². The Bertz CT molecular complexity index is 462. The van der Waals surface area contributed by atoms with Gasteiger partial charge in [-0.2, -0.15) is 0 Å². The Balaban J connectivity index is 0.00000180. The molecule has 0 atom stereocenters. The highest BCUT2D eigenvalue weighted by molar-refractivity contribution is 9.10. The van der Waals surface area contributed by atoms with Crippen LogP contribution in [0.2, 0.25) is 5.02 Å². The summed E-state index contributed by atoms with van der Waals surface area (Å²) in [6.45, 7) is 3.98. The van der Waals surface area contributed by atoms with E-state index in [1.807, 2.05) is 0 Å². The zero-order valence-electron chi connectivity index (χ0n) is 10.6. The predicted molar refractivity (Wildman–Crippen MR) is 84.4 cm³/mol. The fourth-order valence-corrected chi connectivity index (χ4v) is 2.98. The molecule has 0 radical (unpaired) electrons. The maximum absolute atomic E-state index is 12.2. The molecule has 0 aromatic heterocycles. The van der Waals surface area contributed by atoms with Crippen LogP contribution in [0.1, 0.15) is 30.1 Å². The molecule has 0 bridgehead atoms. The first-order valence-corrected chi connectivity index (χ1v) is 7.16. The normalized spacial score (nSPS) is 17.4. The third-order valence-electron chi connectivity index (χ3n) is 3.30. The number of carbonyl (C=O) groups is 1. The summed E-state index contributed by atoms with van der Waals surface area (Å²) in [5.74, 6) is -0.0528. The zero-order valence-corrected chi connectivity index (χ0v) is 13.8. The molecule has 1 aliphatic rings. The summed E-state index contributed by atoms with van der Waals surface area (Å²) in [5.41, 5.74) is 0.501. The van der Waals surface area contributed by atoms with E-state index in [4.69, 9.17) is 11.6 Å². The molecule has 1 fully saturated rings. The molecule has 6 heteroatoms. The van der Waals surface area contributed by atoms with Crippen molar-refractivity contribution in [2.24, 2.45) is 0 Å². The molecular formula is C13H17BrCl2N2O. The van der Waals surface area contributed by atoms with Crippen LogP contribution in [-0.4, -0.2) is 24.5 Å². The van der Waals surface area contributed by atoms with Crippen LogP contribution in [0.25, 0.3) is 0 Å². The molecule has 106 valence electrons. The SMILES string of the molecule is CC1(NC(=O)c2ccc(Cl)cc2Br)CCNCC1.Cl. The number of amides is 1. The van der Waals surface area contributed by atoms with Crippen LogP contribution in [0.5, 0.6) is 0 Å². The molecule has 1 aromatic carbocycles. The maximum atomic E-state index is 12.2. The monoisotopic (exact) mass is 366 g/mol. The van der Waals surface area contributed by atoms with Crippen molar-refractivity contribution in [1.82, 2.24) is 10.6 Å². The summed E-state index contributed by atoms with van der Waals surface area (Å²) in [5, 5.41) is 7.03. The van der Waals surface area contributed by atoms with Crippen LogP contribution < -0.4 is 10.6 Å². The average molecular weight is 368 g/mol. The van der Waals surface area contributed by atoms with Gasteiger partial charge in [-0.25, -0.2) is 0 Å². The number of benzene rings is 1. The van der Waals surface area contributed by atoms with Crippen molar-refractivity contribution in [3.8, 4) is 0 Å². The van der Waals surface area contributed by atoms with Gasteiger partial charge >= 0.3 is 0 Å². The number of hydrogen-bond acceptors (Lipinski definition) is 2. The molecule has 1 saturated heterocycles. The number of rotatable bonds is 2. The smallest absolute Gasteiger partial charge is 0.252 e. The first kappa shape index (κ1) is 16.8. The van der Waals surface area contributed by atoms with Crippen LogP contribution in [0, 0.1) is 0 Å². The average Bonchev–Trinajstić information content (AvgIpc) is 2.28. The zero-order chi connectivity index (χ0) is 13.2. The van der Waals surface area contributed by atoms with E-state index in [9.17, 15) is 4.79 Å². The number of piperidine rings is 1. The summed E-state index contributed by atoms with van der Waals surface area (Å²) in [6, 6.07) is 5.21. The highest BCUT2D eigenvalue weighted by Gasteiger charge is 2.29. The quantitative estimate of drug-likeness (QED) is 0.841. The minimum Gasteiger partial charge on any atom is -0.347 e. The molecule has 0 unspecified atom stereocenters. The van der Waals surface area contributed by atoms with Crippen LogP contribution in [0.4, 0.5) is 0 Å². The molecule has 0 saturated carbocycles. The molecule has 19 heavy (non-hydrogen) atoms. The summed E-state index contributed by atoms with van der Waals surface area (Å²) >= 11 is 9.24. The van der Waals surface area contributed by atoms with Crippen LogP contribution in [0.3, 0.4) is 0 Å². The van der Waals surface area contributed by atoms with Gasteiger partial charge in [0.15, 0.2) is 0 Å². The molecule has 3 nitrogen and oxygen atoms in total. The van der Waals surface area contributed by atoms with E-state index < -0.39 is 0 Å². The highest BCUT2D eigenvalue weighted by atomic mass is 79.9. The Kier molecular flexibility index (Phi) is 6.12. The van der Waals surface area contributed by atoms with Gasteiger partial charge in [0.1, 0.15) is 0 Å². The number of hydrogen-bond donors (Lipinski definition) is 2. The number of carbonyl (C=O) groups excluding carboxylic acids is 1. The standard InChI is InChI=1S/C13H16BrClN2O.ClH/c1-13(4-6-16-7-5-13)17-12(18)10-3-2-9(15)8-11(10)14;/h2-3,8,16H,4-7H2,1H3,(H,17,18);1H. The van der Waals surface area contributed by atoms with E-state index >= 15 is 0 Å². The summed E-state index contributed by atoms with van der Waals surface area (Å²) < 4.78 is 0.727. The molecule has 1 aliphatic heterocycles. The van der Waals surface area contributed by atoms with Crippen molar-refractivity contribution in [3.63, 3.8) is 0 Å².